The van der Waals surface area contributed by atoms with Crippen molar-refractivity contribution in [1.29, 1.82) is 0 Å². The van der Waals surface area contributed by atoms with Crippen LogP contribution in [0.5, 0.6) is 0 Å². The molecule has 0 amide bonds. The highest BCUT2D eigenvalue weighted by atomic mass is 35.5. The number of nitrogens with zero attached hydrogens (tertiary/aromatic N) is 3. The zero-order chi connectivity index (χ0) is 19.8. The SMILES string of the molecule is Clc1ccc(-c2nc(C3CCNCC3)sc2-c2ccnc(NC3CC3)n2)c(Cl)c1. The van der Waals surface area contributed by atoms with Gasteiger partial charge in [-0.15, -0.1) is 11.3 Å². The van der Waals surface area contributed by atoms with Gasteiger partial charge in [-0.05, 0) is 63.0 Å². The van der Waals surface area contributed by atoms with Crippen LogP contribution in [0, 0.1) is 0 Å². The summed E-state index contributed by atoms with van der Waals surface area (Å²) in [5, 5.41) is 9.18. The van der Waals surface area contributed by atoms with E-state index in [1.807, 2.05) is 24.4 Å². The van der Waals surface area contributed by atoms with Gasteiger partial charge in [0, 0.05) is 28.7 Å². The van der Waals surface area contributed by atoms with Crippen LogP contribution < -0.4 is 10.6 Å². The minimum atomic E-state index is 0.464. The van der Waals surface area contributed by atoms with Gasteiger partial charge in [-0.2, -0.15) is 0 Å². The predicted molar refractivity (Wildman–Crippen MR) is 120 cm³/mol. The second-order valence-corrected chi connectivity index (χ2v) is 9.44. The van der Waals surface area contributed by atoms with E-state index in [1.165, 1.54) is 12.8 Å². The second-order valence-electron chi connectivity index (χ2n) is 7.56. The van der Waals surface area contributed by atoms with E-state index in [4.69, 9.17) is 33.2 Å². The van der Waals surface area contributed by atoms with E-state index in [1.54, 1.807) is 17.4 Å². The summed E-state index contributed by atoms with van der Waals surface area (Å²) in [7, 11) is 0. The number of rotatable bonds is 5. The lowest BCUT2D eigenvalue weighted by Crippen LogP contribution is -2.26. The van der Waals surface area contributed by atoms with E-state index in [9.17, 15) is 0 Å². The molecule has 8 heteroatoms. The molecule has 0 spiro atoms. The summed E-state index contributed by atoms with van der Waals surface area (Å²) in [6.45, 7) is 2.05. The number of nitrogens with one attached hydrogen (secondary N) is 2. The Morgan fingerprint density at radius 3 is 2.62 bits per heavy atom. The first-order valence-corrected chi connectivity index (χ1v) is 11.5. The fourth-order valence-corrected chi connectivity index (χ4v) is 5.30. The van der Waals surface area contributed by atoms with Crippen molar-refractivity contribution >= 4 is 40.5 Å². The maximum Gasteiger partial charge on any atom is 0.223 e. The molecule has 5 nitrogen and oxygen atoms in total. The molecule has 5 rings (SSSR count). The summed E-state index contributed by atoms with van der Waals surface area (Å²) in [5.41, 5.74) is 2.64. The molecular weight excluding hydrogens is 425 g/mol. The standard InChI is InChI=1S/C21H21Cl2N5S/c22-13-1-4-15(16(23)11-13)18-19(29-20(28-18)12-5-8-24-9-6-12)17-7-10-25-21(27-17)26-14-2-3-14/h1,4,7,10-12,14,24H,2-3,5-6,8-9H2,(H,25,26,27). The minimum absolute atomic E-state index is 0.464. The second kappa shape index (κ2) is 8.19. The van der Waals surface area contributed by atoms with Crippen LogP contribution in [-0.2, 0) is 0 Å². The Morgan fingerprint density at radius 2 is 1.86 bits per heavy atom. The molecule has 2 aliphatic rings. The van der Waals surface area contributed by atoms with Crippen molar-refractivity contribution in [3.63, 3.8) is 0 Å². The van der Waals surface area contributed by atoms with Crippen LogP contribution in [-0.4, -0.2) is 34.1 Å². The Balaban J connectivity index is 1.59. The number of hydrogen-bond donors (Lipinski definition) is 2. The van der Waals surface area contributed by atoms with E-state index in [0.29, 0.717) is 28.0 Å². The third kappa shape index (κ3) is 4.26. The average molecular weight is 446 g/mol. The topological polar surface area (TPSA) is 62.7 Å². The van der Waals surface area contributed by atoms with Crippen molar-refractivity contribution in [2.24, 2.45) is 0 Å². The average Bonchev–Trinajstić information content (AvgIpc) is 3.43. The summed E-state index contributed by atoms with van der Waals surface area (Å²) in [5.74, 6) is 1.14. The van der Waals surface area contributed by atoms with Crippen molar-refractivity contribution in [3.8, 4) is 21.8 Å². The van der Waals surface area contributed by atoms with Gasteiger partial charge in [-0.1, -0.05) is 23.2 Å². The molecular formula is C21H21Cl2N5S. The van der Waals surface area contributed by atoms with Crippen LogP contribution in [0.3, 0.4) is 0 Å². The molecule has 0 atom stereocenters. The molecule has 3 aromatic rings. The van der Waals surface area contributed by atoms with Gasteiger partial charge in [0.1, 0.15) is 0 Å². The number of piperidine rings is 1. The molecule has 1 aliphatic carbocycles. The maximum absolute atomic E-state index is 6.55. The lowest BCUT2D eigenvalue weighted by Gasteiger charge is -2.20. The third-order valence-electron chi connectivity index (χ3n) is 5.32. The van der Waals surface area contributed by atoms with Gasteiger partial charge in [0.15, 0.2) is 0 Å². The molecule has 3 heterocycles. The Bertz CT molecular complexity index is 1030. The normalized spacial score (nSPS) is 17.4. The highest BCUT2D eigenvalue weighted by Gasteiger charge is 2.25. The maximum atomic E-state index is 6.55. The molecule has 0 radical (unpaired) electrons. The first-order chi connectivity index (χ1) is 14.2. The van der Waals surface area contributed by atoms with Gasteiger partial charge in [0.2, 0.25) is 5.95 Å². The Labute approximate surface area is 183 Å². The smallest absolute Gasteiger partial charge is 0.223 e. The molecule has 2 aromatic heterocycles. The molecule has 0 unspecified atom stereocenters. The lowest BCUT2D eigenvalue weighted by molar-refractivity contribution is 0.459. The van der Waals surface area contributed by atoms with Crippen molar-refractivity contribution in [3.05, 3.63) is 45.5 Å². The van der Waals surface area contributed by atoms with E-state index >= 15 is 0 Å². The number of anilines is 1. The van der Waals surface area contributed by atoms with Crippen LogP contribution in [0.1, 0.15) is 36.6 Å². The van der Waals surface area contributed by atoms with Gasteiger partial charge >= 0.3 is 0 Å². The minimum Gasteiger partial charge on any atom is -0.351 e. The van der Waals surface area contributed by atoms with Gasteiger partial charge < -0.3 is 10.6 Å². The number of halogens is 2. The van der Waals surface area contributed by atoms with E-state index in [2.05, 4.69) is 15.6 Å². The first-order valence-electron chi connectivity index (χ1n) is 9.94. The van der Waals surface area contributed by atoms with E-state index < -0.39 is 0 Å². The quantitative estimate of drug-likeness (QED) is 0.533. The Morgan fingerprint density at radius 1 is 1.03 bits per heavy atom. The molecule has 2 fully saturated rings. The van der Waals surface area contributed by atoms with Crippen molar-refractivity contribution in [2.45, 2.75) is 37.6 Å². The molecule has 29 heavy (non-hydrogen) atoms. The predicted octanol–water partition coefficient (Wildman–Crippen LogP) is 5.62. The molecule has 0 bridgehead atoms. The number of hydrogen-bond acceptors (Lipinski definition) is 6. The van der Waals surface area contributed by atoms with Gasteiger partial charge in [-0.3, -0.25) is 0 Å². The van der Waals surface area contributed by atoms with Gasteiger partial charge in [0.05, 0.1) is 26.3 Å². The highest BCUT2D eigenvalue weighted by Crippen LogP contribution is 2.43. The summed E-state index contributed by atoms with van der Waals surface area (Å²) < 4.78 is 0. The van der Waals surface area contributed by atoms with Gasteiger partial charge in [0.25, 0.3) is 0 Å². The summed E-state index contributed by atoms with van der Waals surface area (Å²) in [4.78, 5) is 15.3. The largest absolute Gasteiger partial charge is 0.351 e. The number of aromatic nitrogens is 3. The molecule has 1 aliphatic heterocycles. The summed E-state index contributed by atoms with van der Waals surface area (Å²) >= 11 is 14.4. The van der Waals surface area contributed by atoms with Crippen LogP contribution in [0.15, 0.2) is 30.5 Å². The van der Waals surface area contributed by atoms with Crippen LogP contribution >= 0.6 is 34.5 Å². The number of benzene rings is 1. The lowest BCUT2D eigenvalue weighted by atomic mass is 9.99. The molecule has 1 saturated heterocycles. The van der Waals surface area contributed by atoms with Crippen molar-refractivity contribution < 1.29 is 0 Å². The first kappa shape index (κ1) is 19.2. The monoisotopic (exact) mass is 445 g/mol. The summed E-state index contributed by atoms with van der Waals surface area (Å²) in [6.07, 6.45) is 6.36. The van der Waals surface area contributed by atoms with Crippen LogP contribution in [0.25, 0.3) is 21.8 Å². The van der Waals surface area contributed by atoms with Gasteiger partial charge in [-0.25, -0.2) is 15.0 Å². The summed E-state index contributed by atoms with van der Waals surface area (Å²) in [6, 6.07) is 8.02. The highest BCUT2D eigenvalue weighted by molar-refractivity contribution is 7.15. The third-order valence-corrected chi connectivity index (χ3v) is 7.11. The van der Waals surface area contributed by atoms with Crippen molar-refractivity contribution in [2.75, 3.05) is 18.4 Å². The zero-order valence-corrected chi connectivity index (χ0v) is 18.1. The Hall–Kier alpha value is -1.73. The fourth-order valence-electron chi connectivity index (χ4n) is 3.58. The molecule has 1 saturated carbocycles. The number of thiazole rings is 1. The van der Waals surface area contributed by atoms with Crippen LogP contribution in [0.4, 0.5) is 5.95 Å². The molecule has 150 valence electrons. The zero-order valence-electron chi connectivity index (χ0n) is 15.8. The van der Waals surface area contributed by atoms with E-state index in [-0.39, 0.29) is 0 Å². The molecule has 2 N–H and O–H groups in total. The van der Waals surface area contributed by atoms with E-state index in [0.717, 1.165) is 52.8 Å². The van der Waals surface area contributed by atoms with Crippen LogP contribution in [0.2, 0.25) is 10.0 Å². The van der Waals surface area contributed by atoms with Crippen molar-refractivity contribution in [1.82, 2.24) is 20.3 Å². The fraction of sp³-hybridized carbons (Fsp3) is 0.381. The molecule has 1 aromatic carbocycles. The Kier molecular flexibility index (Phi) is 5.43.